The molecule has 2 bridgehead atoms. The number of hydrogen-bond donors (Lipinski definition) is 0. The van der Waals surface area contributed by atoms with E-state index in [0.29, 0.717) is 6.61 Å². The predicted molar refractivity (Wildman–Crippen MR) is 45.1 cm³/mol. The molecule has 4 fully saturated rings. The molecule has 0 aromatic heterocycles. The molecule has 1 spiro atoms. The molecule has 0 aromatic carbocycles. The summed E-state index contributed by atoms with van der Waals surface area (Å²) in [5, 5.41) is 0. The van der Waals surface area contributed by atoms with Gasteiger partial charge in [0.15, 0.2) is 0 Å². The van der Waals surface area contributed by atoms with Crippen LogP contribution in [0.3, 0.4) is 0 Å². The Morgan fingerprint density at radius 1 is 1.54 bits per heavy atom. The van der Waals surface area contributed by atoms with E-state index < -0.39 is 0 Å². The van der Waals surface area contributed by atoms with Crippen molar-refractivity contribution in [2.24, 2.45) is 5.92 Å². The summed E-state index contributed by atoms with van der Waals surface area (Å²) in [7, 11) is 0. The largest absolute Gasteiger partial charge is 0.463 e. The maximum Gasteiger partial charge on any atom is 0.302 e. The van der Waals surface area contributed by atoms with E-state index in [0.717, 1.165) is 18.8 Å². The number of esters is 1. The number of carbonyl (C=O) groups is 1. The minimum Gasteiger partial charge on any atom is -0.463 e. The molecule has 4 aliphatic rings. The van der Waals surface area contributed by atoms with Crippen molar-refractivity contribution in [3.63, 3.8) is 0 Å². The van der Waals surface area contributed by atoms with E-state index in [-0.39, 0.29) is 17.2 Å². The molecule has 0 radical (unpaired) electrons. The Kier molecular flexibility index (Phi) is 1.25. The first kappa shape index (κ1) is 7.80. The first-order chi connectivity index (χ1) is 6.14. The highest BCUT2D eigenvalue weighted by Gasteiger charge is 2.70. The summed E-state index contributed by atoms with van der Waals surface area (Å²) < 4.78 is 11.0. The van der Waals surface area contributed by atoms with Gasteiger partial charge in [0.1, 0.15) is 12.2 Å². The molecule has 0 aromatic rings. The summed E-state index contributed by atoms with van der Waals surface area (Å²) in [6, 6.07) is 0. The Morgan fingerprint density at radius 3 is 2.69 bits per heavy atom. The van der Waals surface area contributed by atoms with Crippen molar-refractivity contribution >= 4 is 5.97 Å². The number of carbonyl (C=O) groups excluding carboxylic acids is 1. The van der Waals surface area contributed by atoms with E-state index in [4.69, 9.17) is 9.47 Å². The molecule has 0 unspecified atom stereocenters. The molecule has 2 aliphatic carbocycles. The Balaban J connectivity index is 1.64. The third-order valence-corrected chi connectivity index (χ3v) is 3.68. The van der Waals surface area contributed by atoms with Crippen molar-refractivity contribution in [3.8, 4) is 0 Å². The summed E-state index contributed by atoms with van der Waals surface area (Å²) >= 11 is 0. The van der Waals surface area contributed by atoms with Crippen molar-refractivity contribution in [1.29, 1.82) is 0 Å². The predicted octanol–water partition coefficient (Wildman–Crippen LogP) is 1.26. The van der Waals surface area contributed by atoms with E-state index in [1.54, 1.807) is 0 Å². The van der Waals surface area contributed by atoms with Gasteiger partial charge >= 0.3 is 5.97 Å². The highest BCUT2D eigenvalue weighted by atomic mass is 16.6. The van der Waals surface area contributed by atoms with Gasteiger partial charge in [-0.15, -0.1) is 0 Å². The highest BCUT2D eigenvalue weighted by Crippen LogP contribution is 2.67. The first-order valence-corrected chi connectivity index (χ1v) is 4.98. The van der Waals surface area contributed by atoms with Crippen molar-refractivity contribution < 1.29 is 14.3 Å². The quantitative estimate of drug-likeness (QED) is 0.603. The molecule has 4 rings (SSSR count). The average molecular weight is 182 g/mol. The Hall–Kier alpha value is -0.570. The van der Waals surface area contributed by atoms with Crippen LogP contribution in [0.25, 0.3) is 0 Å². The zero-order chi connectivity index (χ0) is 9.10. The number of ether oxygens (including phenoxy) is 2. The Labute approximate surface area is 77.4 Å². The molecule has 0 N–H and O–H groups in total. The monoisotopic (exact) mass is 182 g/mol. The standard InChI is InChI=1S/C10H14O3/c1-7(11)12-6-9-4-8(5-9)10(13-9)2-3-10/h8H,2-6H2,1H3. The van der Waals surface area contributed by atoms with Crippen molar-refractivity contribution in [2.45, 2.75) is 43.8 Å². The molecular formula is C10H14O3. The summed E-state index contributed by atoms with van der Waals surface area (Å²) in [6.07, 6.45) is 4.67. The lowest BCUT2D eigenvalue weighted by molar-refractivity contribution is -0.153. The highest BCUT2D eigenvalue weighted by molar-refractivity contribution is 5.66. The fraction of sp³-hybridized carbons (Fsp3) is 0.900. The Bertz CT molecular complexity index is 261. The minimum atomic E-state index is -0.196. The first-order valence-electron chi connectivity index (χ1n) is 4.98. The van der Waals surface area contributed by atoms with Gasteiger partial charge in [-0.05, 0) is 31.6 Å². The average Bonchev–Trinajstić information content (AvgIpc) is 2.54. The van der Waals surface area contributed by atoms with Gasteiger partial charge in [-0.25, -0.2) is 0 Å². The lowest BCUT2D eigenvalue weighted by Gasteiger charge is -2.34. The molecule has 2 saturated carbocycles. The molecule has 3 nitrogen and oxygen atoms in total. The summed E-state index contributed by atoms with van der Waals surface area (Å²) in [6.45, 7) is 1.93. The number of rotatable bonds is 2. The maximum absolute atomic E-state index is 10.7. The van der Waals surface area contributed by atoms with Gasteiger partial charge in [-0.3, -0.25) is 4.79 Å². The van der Waals surface area contributed by atoms with Crippen LogP contribution < -0.4 is 0 Å². The van der Waals surface area contributed by atoms with Crippen LogP contribution >= 0.6 is 0 Å². The van der Waals surface area contributed by atoms with Gasteiger partial charge in [-0.2, -0.15) is 0 Å². The van der Waals surface area contributed by atoms with Gasteiger partial charge in [0.05, 0.1) is 5.60 Å². The van der Waals surface area contributed by atoms with Crippen molar-refractivity contribution in [3.05, 3.63) is 0 Å². The lowest BCUT2D eigenvalue weighted by Crippen LogP contribution is -2.41. The fourth-order valence-electron chi connectivity index (χ4n) is 2.82. The zero-order valence-electron chi connectivity index (χ0n) is 7.84. The van der Waals surface area contributed by atoms with E-state index in [1.165, 1.54) is 19.8 Å². The van der Waals surface area contributed by atoms with E-state index in [1.807, 2.05) is 0 Å². The SMILES string of the molecule is CC(=O)OCC12CC(C1)C1(CC1)O2. The van der Waals surface area contributed by atoms with Gasteiger partial charge < -0.3 is 9.47 Å². The Morgan fingerprint density at radius 2 is 2.23 bits per heavy atom. The van der Waals surface area contributed by atoms with E-state index in [2.05, 4.69) is 0 Å². The normalized spacial score (nSPS) is 43.0. The molecular weight excluding hydrogens is 168 g/mol. The van der Waals surface area contributed by atoms with Gasteiger partial charge in [0.2, 0.25) is 0 Å². The van der Waals surface area contributed by atoms with Crippen LogP contribution in [-0.2, 0) is 14.3 Å². The lowest BCUT2D eigenvalue weighted by atomic mass is 9.72. The molecule has 2 saturated heterocycles. The number of hydrogen-bond acceptors (Lipinski definition) is 3. The van der Waals surface area contributed by atoms with Crippen molar-refractivity contribution in [2.75, 3.05) is 6.61 Å². The molecule has 0 amide bonds. The van der Waals surface area contributed by atoms with E-state index >= 15 is 0 Å². The van der Waals surface area contributed by atoms with Crippen LogP contribution in [0, 0.1) is 5.92 Å². The second-order valence-corrected chi connectivity index (χ2v) is 4.74. The zero-order valence-corrected chi connectivity index (χ0v) is 7.84. The van der Waals surface area contributed by atoms with Crippen LogP contribution in [0.2, 0.25) is 0 Å². The summed E-state index contributed by atoms with van der Waals surface area (Å²) in [4.78, 5) is 10.7. The molecule has 3 heteroatoms. The van der Waals surface area contributed by atoms with Crippen molar-refractivity contribution in [1.82, 2.24) is 0 Å². The summed E-state index contributed by atoms with van der Waals surface area (Å²) in [5.74, 6) is 0.571. The van der Waals surface area contributed by atoms with Crippen LogP contribution in [-0.4, -0.2) is 23.8 Å². The third kappa shape index (κ3) is 0.966. The molecule has 2 aliphatic heterocycles. The van der Waals surface area contributed by atoms with Crippen LogP contribution in [0.1, 0.15) is 32.6 Å². The van der Waals surface area contributed by atoms with E-state index in [9.17, 15) is 4.79 Å². The maximum atomic E-state index is 10.7. The summed E-state index contributed by atoms with van der Waals surface area (Å²) in [5.41, 5.74) is 0.160. The van der Waals surface area contributed by atoms with Crippen LogP contribution in [0.5, 0.6) is 0 Å². The molecule has 2 heterocycles. The molecule has 13 heavy (non-hydrogen) atoms. The molecule has 0 atom stereocenters. The fourth-order valence-corrected chi connectivity index (χ4v) is 2.82. The second-order valence-electron chi connectivity index (χ2n) is 4.74. The van der Waals surface area contributed by atoms with Crippen LogP contribution in [0.15, 0.2) is 0 Å². The van der Waals surface area contributed by atoms with Gasteiger partial charge in [-0.1, -0.05) is 0 Å². The van der Waals surface area contributed by atoms with Gasteiger partial charge in [0.25, 0.3) is 0 Å². The van der Waals surface area contributed by atoms with Gasteiger partial charge in [0, 0.05) is 6.92 Å². The topological polar surface area (TPSA) is 35.5 Å². The third-order valence-electron chi connectivity index (χ3n) is 3.68. The second kappa shape index (κ2) is 2.08. The smallest absolute Gasteiger partial charge is 0.302 e. The van der Waals surface area contributed by atoms with Crippen LogP contribution in [0.4, 0.5) is 0 Å². The minimum absolute atomic E-state index is 0.0766. The molecule has 72 valence electrons.